The van der Waals surface area contributed by atoms with Crippen LogP contribution < -0.4 is 5.32 Å². The number of ether oxygens (including phenoxy) is 1. The Morgan fingerprint density at radius 2 is 1.85 bits per heavy atom. The molecule has 0 aliphatic heterocycles. The van der Waals surface area contributed by atoms with Gasteiger partial charge >= 0.3 is 12.1 Å². The van der Waals surface area contributed by atoms with Gasteiger partial charge in [0.2, 0.25) is 0 Å². The third-order valence-electron chi connectivity index (χ3n) is 3.50. The van der Waals surface area contributed by atoms with E-state index in [1.807, 2.05) is 5.32 Å². The Hall–Kier alpha value is -1.31. The highest BCUT2D eigenvalue weighted by Gasteiger charge is 2.43. The summed E-state index contributed by atoms with van der Waals surface area (Å²) < 4.78 is 42.0. The van der Waals surface area contributed by atoms with Crippen molar-refractivity contribution in [3.63, 3.8) is 0 Å². The highest BCUT2D eigenvalue weighted by molar-refractivity contribution is 5.89. The fraction of sp³-hybridized carbons (Fsp3) is 0.833. The number of methoxy groups -OCH3 is 1. The molecule has 1 aliphatic carbocycles. The van der Waals surface area contributed by atoms with Crippen molar-refractivity contribution >= 4 is 11.9 Å². The van der Waals surface area contributed by atoms with Gasteiger partial charge in [-0.3, -0.25) is 4.79 Å². The van der Waals surface area contributed by atoms with Gasteiger partial charge in [-0.1, -0.05) is 19.3 Å². The van der Waals surface area contributed by atoms with Crippen LogP contribution in [-0.2, 0) is 14.3 Å². The van der Waals surface area contributed by atoms with E-state index in [9.17, 15) is 22.8 Å². The van der Waals surface area contributed by atoms with E-state index in [-0.39, 0.29) is 0 Å². The van der Waals surface area contributed by atoms with Crippen LogP contribution in [0.15, 0.2) is 0 Å². The number of carboxylic acids is 1. The van der Waals surface area contributed by atoms with Gasteiger partial charge in [0.05, 0.1) is 6.42 Å². The van der Waals surface area contributed by atoms with Crippen molar-refractivity contribution in [1.82, 2.24) is 5.32 Å². The predicted molar refractivity (Wildman–Crippen MR) is 63.1 cm³/mol. The maximum atomic E-state index is 12.3. The Balaban J connectivity index is 2.76. The first-order chi connectivity index (χ1) is 9.20. The van der Waals surface area contributed by atoms with Crippen LogP contribution >= 0.6 is 0 Å². The Bertz CT molecular complexity index is 364. The summed E-state index contributed by atoms with van der Waals surface area (Å²) in [7, 11) is 1.31. The van der Waals surface area contributed by atoms with Crippen molar-refractivity contribution in [2.24, 2.45) is 0 Å². The van der Waals surface area contributed by atoms with E-state index in [0.717, 1.165) is 19.3 Å². The monoisotopic (exact) mass is 297 g/mol. The second kappa shape index (κ2) is 6.43. The first-order valence-electron chi connectivity index (χ1n) is 6.36. The summed E-state index contributed by atoms with van der Waals surface area (Å²) in [4.78, 5) is 22.9. The number of halogens is 3. The van der Waals surface area contributed by atoms with E-state index in [0.29, 0.717) is 12.8 Å². The zero-order chi connectivity index (χ0) is 15.4. The summed E-state index contributed by atoms with van der Waals surface area (Å²) in [6.07, 6.45) is -3.14. The molecule has 0 aromatic rings. The summed E-state index contributed by atoms with van der Waals surface area (Å²) in [5.74, 6) is -2.49. The molecule has 1 saturated carbocycles. The molecule has 0 saturated heterocycles. The average molecular weight is 297 g/mol. The number of amides is 1. The fourth-order valence-electron chi connectivity index (χ4n) is 2.37. The minimum absolute atomic E-state index is 0.383. The number of carbonyl (C=O) groups excluding carboxylic acids is 1. The Morgan fingerprint density at radius 3 is 2.25 bits per heavy atom. The molecule has 5 nitrogen and oxygen atoms in total. The van der Waals surface area contributed by atoms with Gasteiger partial charge in [-0.2, -0.15) is 13.2 Å². The van der Waals surface area contributed by atoms with E-state index >= 15 is 0 Å². The highest BCUT2D eigenvalue weighted by atomic mass is 19.4. The third-order valence-corrected chi connectivity index (χ3v) is 3.50. The molecule has 1 amide bonds. The summed E-state index contributed by atoms with van der Waals surface area (Å²) in [5, 5.41) is 10.7. The molecular weight excluding hydrogens is 279 g/mol. The quantitative estimate of drug-likeness (QED) is 0.812. The van der Waals surface area contributed by atoms with Gasteiger partial charge in [0.25, 0.3) is 5.91 Å². The van der Waals surface area contributed by atoms with Crippen LogP contribution in [0.1, 0.15) is 38.5 Å². The highest BCUT2D eigenvalue weighted by Crippen LogP contribution is 2.32. The summed E-state index contributed by atoms with van der Waals surface area (Å²) >= 11 is 0. The minimum Gasteiger partial charge on any atom is -0.480 e. The molecule has 1 rings (SSSR count). The topological polar surface area (TPSA) is 75.6 Å². The van der Waals surface area contributed by atoms with Gasteiger partial charge in [-0.15, -0.1) is 0 Å². The van der Waals surface area contributed by atoms with Crippen LogP contribution in [0.4, 0.5) is 13.2 Å². The van der Waals surface area contributed by atoms with Crippen molar-refractivity contribution in [2.75, 3.05) is 7.11 Å². The number of carbonyl (C=O) groups is 2. The lowest BCUT2D eigenvalue weighted by Crippen LogP contribution is -2.55. The smallest absolute Gasteiger partial charge is 0.391 e. The van der Waals surface area contributed by atoms with Crippen LogP contribution in [0, 0.1) is 0 Å². The molecule has 116 valence electrons. The molecule has 0 radical (unpaired) electrons. The Morgan fingerprint density at radius 1 is 1.30 bits per heavy atom. The first kappa shape index (κ1) is 16.7. The summed E-state index contributed by atoms with van der Waals surface area (Å²) in [6.45, 7) is 0. The molecule has 1 unspecified atom stereocenters. The average Bonchev–Trinajstić information content (AvgIpc) is 2.37. The zero-order valence-corrected chi connectivity index (χ0v) is 11.1. The number of hydrogen-bond acceptors (Lipinski definition) is 3. The lowest BCUT2D eigenvalue weighted by atomic mass is 9.83. The lowest BCUT2D eigenvalue weighted by molar-refractivity contribution is -0.164. The second-order valence-electron chi connectivity index (χ2n) is 4.94. The van der Waals surface area contributed by atoms with Gasteiger partial charge in [0.15, 0.2) is 0 Å². The third kappa shape index (κ3) is 4.36. The van der Waals surface area contributed by atoms with Crippen molar-refractivity contribution in [2.45, 2.75) is 56.3 Å². The normalized spacial score (nSPS) is 20.2. The van der Waals surface area contributed by atoms with Crippen molar-refractivity contribution in [1.29, 1.82) is 0 Å². The van der Waals surface area contributed by atoms with Crippen LogP contribution in [0.2, 0.25) is 0 Å². The molecule has 0 aromatic heterocycles. The molecule has 1 fully saturated rings. The predicted octanol–water partition coefficient (Wildman–Crippen LogP) is 1.86. The maximum Gasteiger partial charge on any atom is 0.391 e. The van der Waals surface area contributed by atoms with E-state index in [1.165, 1.54) is 7.11 Å². The maximum absolute atomic E-state index is 12.3. The van der Waals surface area contributed by atoms with Gasteiger partial charge in [0, 0.05) is 7.11 Å². The fourth-order valence-corrected chi connectivity index (χ4v) is 2.37. The van der Waals surface area contributed by atoms with E-state index < -0.39 is 36.1 Å². The number of carboxylic acid groups (broad SMARTS) is 1. The van der Waals surface area contributed by atoms with Gasteiger partial charge < -0.3 is 15.2 Å². The molecular formula is C12H18F3NO4. The molecule has 2 N–H and O–H groups in total. The van der Waals surface area contributed by atoms with Gasteiger partial charge in [-0.25, -0.2) is 4.79 Å². The largest absolute Gasteiger partial charge is 0.480 e. The standard InChI is InChI=1S/C12H18F3NO4/c1-20-11(5-3-2-4-6-11)10(19)16-8(9(17)18)7-12(13,14)15/h8H,2-7H2,1H3,(H,16,19)(H,17,18). The Labute approximate surface area is 114 Å². The van der Waals surface area contributed by atoms with Crippen LogP contribution in [-0.4, -0.2) is 41.9 Å². The molecule has 0 heterocycles. The molecule has 1 atom stereocenters. The zero-order valence-electron chi connectivity index (χ0n) is 11.1. The Kier molecular flexibility index (Phi) is 5.38. The summed E-state index contributed by atoms with van der Waals surface area (Å²) in [6, 6.07) is -1.99. The number of hydrogen-bond donors (Lipinski definition) is 2. The second-order valence-corrected chi connectivity index (χ2v) is 4.94. The number of alkyl halides is 3. The molecule has 0 bridgehead atoms. The first-order valence-corrected chi connectivity index (χ1v) is 6.36. The molecule has 8 heteroatoms. The van der Waals surface area contributed by atoms with Crippen LogP contribution in [0.3, 0.4) is 0 Å². The molecule has 1 aliphatic rings. The van der Waals surface area contributed by atoms with E-state index in [1.54, 1.807) is 0 Å². The van der Waals surface area contributed by atoms with Crippen molar-refractivity contribution in [3.05, 3.63) is 0 Å². The minimum atomic E-state index is -4.66. The van der Waals surface area contributed by atoms with Crippen LogP contribution in [0.5, 0.6) is 0 Å². The molecule has 20 heavy (non-hydrogen) atoms. The van der Waals surface area contributed by atoms with E-state index in [2.05, 4.69) is 0 Å². The molecule has 0 aromatic carbocycles. The van der Waals surface area contributed by atoms with Gasteiger partial charge in [0.1, 0.15) is 11.6 Å². The summed E-state index contributed by atoms with van der Waals surface area (Å²) in [5.41, 5.74) is -1.21. The van der Waals surface area contributed by atoms with Crippen LogP contribution in [0.25, 0.3) is 0 Å². The van der Waals surface area contributed by atoms with Gasteiger partial charge in [-0.05, 0) is 12.8 Å². The van der Waals surface area contributed by atoms with Crippen molar-refractivity contribution in [3.8, 4) is 0 Å². The lowest BCUT2D eigenvalue weighted by Gasteiger charge is -2.35. The number of rotatable bonds is 5. The van der Waals surface area contributed by atoms with E-state index in [4.69, 9.17) is 9.84 Å². The SMILES string of the molecule is COC1(C(=O)NC(CC(F)(F)F)C(=O)O)CCCCC1. The number of nitrogens with one attached hydrogen (secondary N) is 1. The van der Waals surface area contributed by atoms with Crippen molar-refractivity contribution < 1.29 is 32.6 Å². The number of aliphatic carboxylic acids is 1. The molecule has 0 spiro atoms.